The summed E-state index contributed by atoms with van der Waals surface area (Å²) in [5.41, 5.74) is 0. The van der Waals surface area contributed by atoms with Crippen molar-refractivity contribution in [2.45, 2.75) is 354 Å². The summed E-state index contributed by atoms with van der Waals surface area (Å²) in [6, 6.07) is 0. The first kappa shape index (κ1) is 97.7. The lowest BCUT2D eigenvalue weighted by Crippen LogP contribution is -2.30. The van der Waals surface area contributed by atoms with Gasteiger partial charge in [0.15, 0.2) is 12.2 Å². The molecule has 0 heterocycles. The Morgan fingerprint density at radius 2 is 0.529 bits per heavy atom. The SMILES string of the molecule is CC/C=C\C/C=C\C/C=C\C/C=C\CCCCCCCCC(=O)OCC(COP(=O)(O)OCC(O)COP(=O)(O)OCC(COC(=O)CCCCCCCC/C=C\C/C=C\C/C=C\CCCCC)OC(=O)CCCCCCC/C=C\C/C=C\CCC)OC(=O)CCCCCCCCCCCCC. The van der Waals surface area contributed by atoms with Crippen LogP contribution in [-0.4, -0.2) is 96.7 Å². The lowest BCUT2D eigenvalue weighted by molar-refractivity contribution is -0.161. The molecule has 0 spiro atoms. The monoisotopic (exact) mass is 1470 g/mol. The minimum Gasteiger partial charge on any atom is -0.462 e. The second kappa shape index (κ2) is 75.0. The number of phosphoric ester groups is 2. The molecule has 0 rings (SSSR count). The molecule has 0 radical (unpaired) electrons. The topological polar surface area (TPSA) is 237 Å². The third kappa shape index (κ3) is 74.0. The Morgan fingerprint density at radius 3 is 0.843 bits per heavy atom. The molecule has 0 saturated heterocycles. The summed E-state index contributed by atoms with van der Waals surface area (Å²) in [6.45, 7) is 4.65. The maximum Gasteiger partial charge on any atom is 0.472 e. The number of rotatable bonds is 75. The van der Waals surface area contributed by atoms with Gasteiger partial charge < -0.3 is 33.8 Å². The number of unbranched alkanes of at least 4 members (excludes halogenated alkanes) is 31. The zero-order chi connectivity index (χ0) is 74.6. The van der Waals surface area contributed by atoms with Crippen molar-refractivity contribution in [3.63, 3.8) is 0 Å². The highest BCUT2D eigenvalue weighted by atomic mass is 31.2. The van der Waals surface area contributed by atoms with Gasteiger partial charge in [0.2, 0.25) is 0 Å². The minimum atomic E-state index is -4.98. The molecule has 5 atom stereocenters. The highest BCUT2D eigenvalue weighted by Crippen LogP contribution is 2.45. The van der Waals surface area contributed by atoms with Crippen LogP contribution in [0.4, 0.5) is 0 Å². The third-order valence-electron chi connectivity index (χ3n) is 16.7. The molecular weight excluding hydrogens is 1330 g/mol. The molecule has 0 aliphatic heterocycles. The smallest absolute Gasteiger partial charge is 0.462 e. The number of phosphoric acid groups is 2. The van der Waals surface area contributed by atoms with E-state index in [9.17, 15) is 43.2 Å². The van der Waals surface area contributed by atoms with Crippen LogP contribution in [0.1, 0.15) is 336 Å². The second-order valence-corrected chi connectivity index (χ2v) is 29.5. The van der Waals surface area contributed by atoms with E-state index in [1.165, 1.54) is 57.8 Å². The fraction of sp³-hybridized carbons (Fsp3) is 0.735. The Bertz CT molecular complexity index is 2360. The number of carbonyl (C=O) groups excluding carboxylic acids is 4. The maximum absolute atomic E-state index is 13.1. The fourth-order valence-electron chi connectivity index (χ4n) is 10.6. The summed E-state index contributed by atoms with van der Waals surface area (Å²) in [5, 5.41) is 10.6. The molecule has 5 unspecified atom stereocenters. The molecule has 0 aromatic rings. The lowest BCUT2D eigenvalue weighted by atomic mass is 10.1. The number of hydrogen-bond acceptors (Lipinski definition) is 15. The first-order valence-corrected chi connectivity index (χ1v) is 43.1. The van der Waals surface area contributed by atoms with Crippen molar-refractivity contribution >= 4 is 39.5 Å². The minimum absolute atomic E-state index is 0.0753. The first-order valence-electron chi connectivity index (χ1n) is 40.1. The second-order valence-electron chi connectivity index (χ2n) is 26.6. The highest BCUT2D eigenvalue weighted by Gasteiger charge is 2.30. The van der Waals surface area contributed by atoms with Gasteiger partial charge in [-0.25, -0.2) is 9.13 Å². The van der Waals surface area contributed by atoms with Crippen molar-refractivity contribution in [2.24, 2.45) is 0 Å². The Kier molecular flexibility index (Phi) is 71.8. The molecule has 0 amide bonds. The van der Waals surface area contributed by atoms with E-state index in [0.29, 0.717) is 25.7 Å². The Balaban J connectivity index is 5.31. The van der Waals surface area contributed by atoms with Crippen LogP contribution in [-0.2, 0) is 65.4 Å². The number of hydrogen-bond donors (Lipinski definition) is 3. The maximum atomic E-state index is 13.1. The average Bonchev–Trinajstić information content (AvgIpc) is 0.928. The normalized spacial score (nSPS) is 14.5. The molecule has 17 nitrogen and oxygen atoms in total. The van der Waals surface area contributed by atoms with E-state index in [2.05, 4.69) is 137 Å². The molecule has 0 aromatic carbocycles. The molecular formula is C83H144O17P2. The number of carbonyl (C=O) groups is 4. The van der Waals surface area contributed by atoms with Crippen molar-refractivity contribution in [1.29, 1.82) is 0 Å². The Morgan fingerprint density at radius 1 is 0.284 bits per heavy atom. The molecule has 3 N–H and O–H groups in total. The first-order chi connectivity index (χ1) is 49.7. The standard InChI is InChI=1S/C83H144O17P2/c1-5-9-13-17-21-25-29-32-34-36-38-40-42-45-48-51-55-59-63-67-80(85)93-73-78(99-82(87)69-65-61-57-53-47-28-24-20-16-12-8-4)75-97-101(89,90)95-71-77(84)72-96-102(91,92)98-76-79(100-83(88)70-66-62-58-54-50-44-31-27-23-19-15-11-7-3)74-94-81(86)68-64-60-56-52-49-46-43-41-39-37-35-33-30-26-22-18-14-10-6-2/h9,13,15,19,21-22,25-27,31-35,38-41,77-79,84H,5-8,10-12,14,16-18,20,23-24,28-30,36-37,42-76H2,1-4H3,(H,89,90)(H,91,92)/b13-9-,19-15-,25-21-,26-22-,31-27-,34-32-,35-33-,40-38-,41-39-. The van der Waals surface area contributed by atoms with Crippen LogP contribution in [0.5, 0.6) is 0 Å². The van der Waals surface area contributed by atoms with Gasteiger partial charge in [-0.15, -0.1) is 0 Å². The number of allylic oxidation sites excluding steroid dienone is 18. The average molecular weight is 1480 g/mol. The van der Waals surface area contributed by atoms with Crippen LogP contribution in [0.3, 0.4) is 0 Å². The van der Waals surface area contributed by atoms with Gasteiger partial charge in [-0.2, -0.15) is 0 Å². The Hall–Kier alpha value is -4.28. The number of esters is 4. The van der Waals surface area contributed by atoms with Crippen LogP contribution < -0.4 is 0 Å². The summed E-state index contributed by atoms with van der Waals surface area (Å²) in [5.74, 6) is -2.21. The lowest BCUT2D eigenvalue weighted by Gasteiger charge is -2.21. The molecule has 588 valence electrons. The van der Waals surface area contributed by atoms with Crippen LogP contribution >= 0.6 is 15.6 Å². The van der Waals surface area contributed by atoms with Crippen molar-refractivity contribution in [3.8, 4) is 0 Å². The van der Waals surface area contributed by atoms with E-state index in [0.717, 1.165) is 199 Å². The van der Waals surface area contributed by atoms with Crippen LogP contribution in [0.15, 0.2) is 109 Å². The zero-order valence-corrected chi connectivity index (χ0v) is 66.0. The zero-order valence-electron chi connectivity index (χ0n) is 64.3. The quantitative estimate of drug-likeness (QED) is 0.0169. The summed E-state index contributed by atoms with van der Waals surface area (Å²) in [4.78, 5) is 73.0. The highest BCUT2D eigenvalue weighted by molar-refractivity contribution is 7.47. The summed E-state index contributed by atoms with van der Waals surface area (Å²) < 4.78 is 68.5. The van der Waals surface area contributed by atoms with Gasteiger partial charge in [0.25, 0.3) is 0 Å². The van der Waals surface area contributed by atoms with Crippen LogP contribution in [0, 0.1) is 0 Å². The van der Waals surface area contributed by atoms with E-state index < -0.39 is 97.5 Å². The third-order valence-corrected chi connectivity index (χ3v) is 18.6. The van der Waals surface area contributed by atoms with E-state index in [4.69, 9.17) is 37.0 Å². The van der Waals surface area contributed by atoms with Gasteiger partial charge in [-0.05, 0) is 128 Å². The summed E-state index contributed by atoms with van der Waals surface area (Å²) in [7, 11) is -9.96. The fourth-order valence-corrected chi connectivity index (χ4v) is 12.2. The number of aliphatic hydroxyl groups excluding tert-OH is 1. The summed E-state index contributed by atoms with van der Waals surface area (Å²) in [6.07, 6.45) is 80.7. The molecule has 19 heteroatoms. The van der Waals surface area contributed by atoms with Crippen molar-refractivity contribution in [1.82, 2.24) is 0 Å². The molecule has 0 aliphatic carbocycles. The van der Waals surface area contributed by atoms with E-state index >= 15 is 0 Å². The predicted octanol–water partition coefficient (Wildman–Crippen LogP) is 23.3. The van der Waals surface area contributed by atoms with Gasteiger partial charge in [-0.3, -0.25) is 37.3 Å². The molecule has 0 aliphatic rings. The summed E-state index contributed by atoms with van der Waals surface area (Å²) >= 11 is 0. The van der Waals surface area contributed by atoms with Gasteiger partial charge in [0.1, 0.15) is 19.3 Å². The molecule has 0 aromatic heterocycles. The van der Waals surface area contributed by atoms with Gasteiger partial charge in [-0.1, -0.05) is 291 Å². The molecule has 0 bridgehead atoms. The van der Waals surface area contributed by atoms with Crippen molar-refractivity contribution in [3.05, 3.63) is 109 Å². The van der Waals surface area contributed by atoms with E-state index in [-0.39, 0.29) is 25.7 Å². The Labute approximate surface area is 619 Å². The van der Waals surface area contributed by atoms with Crippen molar-refractivity contribution in [2.75, 3.05) is 39.6 Å². The molecule has 0 fully saturated rings. The van der Waals surface area contributed by atoms with Gasteiger partial charge >= 0.3 is 39.5 Å². The van der Waals surface area contributed by atoms with E-state index in [1.807, 2.05) is 0 Å². The van der Waals surface area contributed by atoms with Crippen LogP contribution in [0.25, 0.3) is 0 Å². The predicted molar refractivity (Wildman–Crippen MR) is 418 cm³/mol. The molecule has 0 saturated carbocycles. The number of ether oxygens (including phenoxy) is 4. The van der Waals surface area contributed by atoms with E-state index in [1.54, 1.807) is 0 Å². The van der Waals surface area contributed by atoms with Gasteiger partial charge in [0, 0.05) is 25.7 Å². The van der Waals surface area contributed by atoms with Crippen LogP contribution in [0.2, 0.25) is 0 Å². The van der Waals surface area contributed by atoms with Gasteiger partial charge in [0.05, 0.1) is 26.4 Å². The van der Waals surface area contributed by atoms with Crippen molar-refractivity contribution < 1.29 is 80.2 Å². The number of aliphatic hydroxyl groups is 1. The largest absolute Gasteiger partial charge is 0.472 e. The molecule has 102 heavy (non-hydrogen) atoms.